The van der Waals surface area contributed by atoms with Crippen LogP contribution in [0.5, 0.6) is 0 Å². The number of carbonyl (C=O) groups is 2. The van der Waals surface area contributed by atoms with Gasteiger partial charge in [0.1, 0.15) is 12.3 Å². The van der Waals surface area contributed by atoms with Crippen molar-refractivity contribution in [2.24, 2.45) is 56.7 Å². The van der Waals surface area contributed by atoms with Gasteiger partial charge in [-0.1, -0.05) is 48.5 Å². The van der Waals surface area contributed by atoms with Gasteiger partial charge in [-0.05, 0) is 92.3 Å². The minimum absolute atomic E-state index is 0.0222. The van der Waals surface area contributed by atoms with Crippen LogP contribution in [0, 0.1) is 56.7 Å². The minimum Gasteiger partial charge on any atom is -0.455 e. The molecule has 8 heteroatoms. The van der Waals surface area contributed by atoms with E-state index in [1.165, 1.54) is 0 Å². The maximum Gasteiger partial charge on any atom is 0.490 e. The van der Waals surface area contributed by atoms with Crippen molar-refractivity contribution < 1.29 is 36.6 Å². The number of carbonyl (C=O) groups excluding carboxylic acids is 2. The van der Waals surface area contributed by atoms with Crippen LogP contribution in [0.25, 0.3) is 0 Å². The molecule has 4 nitrogen and oxygen atoms in total. The standard InChI is InChI=1S/C32H46F4O4/c1-17-8-13-30-15-14-29(7)28(6)12-9-19-26(3,4)22(39-25(38)32(34,35)36)10-11-27(19,5)20(28)16-21(33)31(29,40-24(30)37)23(30)18(17)2/h17-23H,8-16H2,1-7H3/t17-,18+,19+,20-,21-,22+,23-,27+,28-,29+,30+,31+/m1/s1. The predicted octanol–water partition coefficient (Wildman–Crippen LogP) is 7.83. The Kier molecular flexibility index (Phi) is 5.88. The van der Waals surface area contributed by atoms with E-state index in [9.17, 15) is 22.8 Å². The van der Waals surface area contributed by atoms with Crippen molar-refractivity contribution in [3.05, 3.63) is 0 Å². The molecule has 0 N–H and O–H groups in total. The van der Waals surface area contributed by atoms with Gasteiger partial charge in [-0.3, -0.25) is 4.79 Å². The summed E-state index contributed by atoms with van der Waals surface area (Å²) >= 11 is 0. The van der Waals surface area contributed by atoms with Crippen molar-refractivity contribution >= 4 is 11.9 Å². The van der Waals surface area contributed by atoms with Gasteiger partial charge in [0.15, 0.2) is 5.60 Å². The molecule has 0 radical (unpaired) electrons. The van der Waals surface area contributed by atoms with Crippen LogP contribution in [0.4, 0.5) is 17.6 Å². The highest BCUT2D eigenvalue weighted by atomic mass is 19.4. The van der Waals surface area contributed by atoms with Crippen LogP contribution >= 0.6 is 0 Å². The zero-order valence-electron chi connectivity index (χ0n) is 25.1. The first-order valence-corrected chi connectivity index (χ1v) is 15.5. The van der Waals surface area contributed by atoms with Gasteiger partial charge in [0.25, 0.3) is 0 Å². The molecule has 6 aliphatic rings. The quantitative estimate of drug-likeness (QED) is 0.238. The largest absolute Gasteiger partial charge is 0.490 e. The molecule has 5 saturated carbocycles. The third-order valence-corrected chi connectivity index (χ3v) is 14.8. The highest BCUT2D eigenvalue weighted by Gasteiger charge is 2.84. The summed E-state index contributed by atoms with van der Waals surface area (Å²) in [5.41, 5.74) is -3.60. The Morgan fingerprint density at radius 3 is 2.25 bits per heavy atom. The second-order valence-corrected chi connectivity index (χ2v) is 16.0. The summed E-state index contributed by atoms with van der Waals surface area (Å²) < 4.78 is 68.1. The second kappa shape index (κ2) is 8.18. The van der Waals surface area contributed by atoms with Gasteiger partial charge in [0.05, 0.1) is 5.41 Å². The van der Waals surface area contributed by atoms with Crippen LogP contribution in [-0.4, -0.2) is 36.0 Å². The van der Waals surface area contributed by atoms with Crippen molar-refractivity contribution in [1.29, 1.82) is 0 Å². The zero-order chi connectivity index (χ0) is 29.5. The molecule has 6 rings (SSSR count). The van der Waals surface area contributed by atoms with E-state index in [2.05, 4.69) is 34.6 Å². The Hall–Kier alpha value is -1.34. The number of esters is 2. The molecule has 1 saturated heterocycles. The number of alkyl halides is 4. The van der Waals surface area contributed by atoms with E-state index in [1.807, 2.05) is 13.8 Å². The van der Waals surface area contributed by atoms with Gasteiger partial charge in [-0.15, -0.1) is 0 Å². The average molecular weight is 571 g/mol. The molecule has 2 bridgehead atoms. The Balaban J connectivity index is 1.39. The molecule has 0 aromatic heterocycles. The van der Waals surface area contributed by atoms with Gasteiger partial charge in [0, 0.05) is 16.7 Å². The van der Waals surface area contributed by atoms with E-state index in [-0.39, 0.29) is 40.5 Å². The zero-order valence-corrected chi connectivity index (χ0v) is 25.1. The number of fused-ring (bicyclic) bond motifs is 4. The molecule has 1 spiro atoms. The molecule has 1 heterocycles. The van der Waals surface area contributed by atoms with Crippen molar-refractivity contribution in [2.75, 3.05) is 0 Å². The Morgan fingerprint density at radius 2 is 1.60 bits per heavy atom. The molecule has 0 aromatic rings. The van der Waals surface area contributed by atoms with E-state index in [0.717, 1.165) is 38.5 Å². The topological polar surface area (TPSA) is 52.6 Å². The fraction of sp³-hybridized carbons (Fsp3) is 0.938. The highest BCUT2D eigenvalue weighted by molar-refractivity contribution is 5.82. The average Bonchev–Trinajstić information content (AvgIpc) is 3.07. The predicted molar refractivity (Wildman–Crippen MR) is 141 cm³/mol. The Bertz CT molecular complexity index is 1120. The summed E-state index contributed by atoms with van der Waals surface area (Å²) in [4.78, 5) is 25.5. The van der Waals surface area contributed by atoms with Gasteiger partial charge < -0.3 is 9.47 Å². The number of ether oxygens (including phenoxy) is 2. The highest BCUT2D eigenvalue weighted by Crippen LogP contribution is 2.81. The monoisotopic (exact) mass is 570 g/mol. The first-order chi connectivity index (χ1) is 18.3. The first kappa shape index (κ1) is 28.8. The van der Waals surface area contributed by atoms with Gasteiger partial charge in [0.2, 0.25) is 0 Å². The van der Waals surface area contributed by atoms with E-state index >= 15 is 4.39 Å². The molecule has 40 heavy (non-hydrogen) atoms. The van der Waals surface area contributed by atoms with Crippen LogP contribution in [0.1, 0.15) is 106 Å². The lowest BCUT2D eigenvalue weighted by Gasteiger charge is -2.74. The van der Waals surface area contributed by atoms with Crippen molar-refractivity contribution in [3.8, 4) is 0 Å². The second-order valence-electron chi connectivity index (χ2n) is 16.0. The van der Waals surface area contributed by atoms with Crippen LogP contribution < -0.4 is 0 Å². The molecule has 226 valence electrons. The summed E-state index contributed by atoms with van der Waals surface area (Å²) in [6.07, 6.45) is -1.20. The summed E-state index contributed by atoms with van der Waals surface area (Å²) in [6.45, 7) is 15.0. The van der Waals surface area contributed by atoms with E-state index < -0.39 is 46.3 Å². The molecule has 6 fully saturated rings. The van der Waals surface area contributed by atoms with Gasteiger partial charge in [-0.2, -0.15) is 13.2 Å². The number of halogens is 4. The fourth-order valence-corrected chi connectivity index (χ4v) is 12.4. The normalized spacial score (nSPS) is 54.8. The van der Waals surface area contributed by atoms with Crippen LogP contribution in [0.15, 0.2) is 0 Å². The number of rotatable bonds is 1. The summed E-state index contributed by atoms with van der Waals surface area (Å²) in [5, 5.41) is 0. The molecule has 1 aliphatic heterocycles. The summed E-state index contributed by atoms with van der Waals surface area (Å²) in [7, 11) is 0. The molecule has 12 atom stereocenters. The molecular formula is C32H46F4O4. The Morgan fingerprint density at radius 1 is 0.925 bits per heavy atom. The maximum atomic E-state index is 17.3. The van der Waals surface area contributed by atoms with Crippen molar-refractivity contribution in [2.45, 2.75) is 130 Å². The summed E-state index contributed by atoms with van der Waals surface area (Å²) in [6, 6.07) is 0. The first-order valence-electron chi connectivity index (χ1n) is 15.5. The minimum atomic E-state index is -5.03. The third kappa shape index (κ3) is 3.10. The van der Waals surface area contributed by atoms with Crippen molar-refractivity contribution in [3.63, 3.8) is 0 Å². The maximum absolute atomic E-state index is 17.3. The molecular weight excluding hydrogens is 524 g/mol. The molecule has 5 aliphatic carbocycles. The molecule has 0 amide bonds. The summed E-state index contributed by atoms with van der Waals surface area (Å²) in [5.74, 6) is -1.91. The third-order valence-electron chi connectivity index (χ3n) is 14.8. The number of hydrogen-bond donors (Lipinski definition) is 0. The fourth-order valence-electron chi connectivity index (χ4n) is 12.4. The van der Waals surface area contributed by atoms with Gasteiger partial charge in [-0.25, -0.2) is 9.18 Å². The lowest BCUT2D eigenvalue weighted by atomic mass is 9.30. The van der Waals surface area contributed by atoms with E-state index in [0.29, 0.717) is 25.2 Å². The van der Waals surface area contributed by atoms with Crippen LogP contribution in [0.2, 0.25) is 0 Å². The SMILES string of the molecule is C[C@H]1[C@H](C)CC[C@@]23CC[C@]4(C)[C@](OC2=O)([C@H](F)C[C@@H]2[C@@]5(C)CC[C@H](OC(=O)C(F)(F)F)C(C)(C)[C@@H]5CC[C@]24C)[C@H]13. The lowest BCUT2D eigenvalue weighted by molar-refractivity contribution is -0.311. The van der Waals surface area contributed by atoms with Crippen LogP contribution in [0.3, 0.4) is 0 Å². The van der Waals surface area contributed by atoms with Crippen LogP contribution in [-0.2, 0) is 19.1 Å². The van der Waals surface area contributed by atoms with E-state index in [4.69, 9.17) is 9.47 Å². The molecule has 0 unspecified atom stereocenters. The van der Waals surface area contributed by atoms with Gasteiger partial charge >= 0.3 is 18.1 Å². The number of hydrogen-bond acceptors (Lipinski definition) is 4. The van der Waals surface area contributed by atoms with E-state index in [1.54, 1.807) is 0 Å². The molecule has 0 aromatic carbocycles. The van der Waals surface area contributed by atoms with Crippen molar-refractivity contribution in [1.82, 2.24) is 0 Å². The lowest BCUT2D eigenvalue weighted by Crippen LogP contribution is -2.76. The Labute approximate surface area is 235 Å². The smallest absolute Gasteiger partial charge is 0.455 e.